The van der Waals surface area contributed by atoms with Crippen molar-refractivity contribution in [3.8, 4) is 0 Å². The number of thiol groups is 1. The van der Waals surface area contributed by atoms with E-state index in [9.17, 15) is 4.79 Å². The van der Waals surface area contributed by atoms with Gasteiger partial charge in [-0.1, -0.05) is 77.3 Å². The van der Waals surface area contributed by atoms with E-state index in [0.717, 1.165) is 11.3 Å². The fourth-order valence-corrected chi connectivity index (χ4v) is 3.51. The fraction of sp³-hybridized carbons (Fsp3) is 0.706. The predicted molar refractivity (Wildman–Crippen MR) is 93.2 cm³/mol. The van der Waals surface area contributed by atoms with Crippen LogP contribution in [0.1, 0.15) is 85.7 Å². The Morgan fingerprint density at radius 3 is 2.00 bits per heavy atom. The minimum absolute atomic E-state index is 0.107. The van der Waals surface area contributed by atoms with Gasteiger partial charge in [0.15, 0.2) is 0 Å². The number of aryl methyl sites for hydroxylation is 1. The van der Waals surface area contributed by atoms with Gasteiger partial charge in [0.1, 0.15) is 0 Å². The molecule has 1 aromatic rings. The van der Waals surface area contributed by atoms with Gasteiger partial charge in [0, 0.05) is 4.88 Å². The van der Waals surface area contributed by atoms with E-state index < -0.39 is 0 Å². The van der Waals surface area contributed by atoms with Crippen molar-refractivity contribution >= 4 is 29.1 Å². The Bertz CT molecular complexity index is 371. The number of carbonyl (C=O) groups excluding carboxylic acids is 1. The molecule has 0 saturated heterocycles. The number of hydrogen-bond acceptors (Lipinski definition) is 2. The van der Waals surface area contributed by atoms with Crippen molar-refractivity contribution in [3.05, 3.63) is 21.9 Å². The molecule has 0 N–H and O–H groups in total. The van der Waals surface area contributed by atoms with Gasteiger partial charge in [-0.05, 0) is 25.0 Å². The van der Waals surface area contributed by atoms with E-state index in [4.69, 9.17) is 0 Å². The highest BCUT2D eigenvalue weighted by atomic mass is 32.1. The van der Waals surface area contributed by atoms with Crippen LogP contribution in [0.4, 0.5) is 0 Å². The molecule has 0 saturated carbocycles. The molecule has 1 aromatic heterocycles. The molecular formula is C17H28OS2. The Kier molecular flexibility index (Phi) is 10.1. The minimum atomic E-state index is -0.107. The van der Waals surface area contributed by atoms with Crippen molar-refractivity contribution in [1.82, 2.24) is 0 Å². The van der Waals surface area contributed by atoms with E-state index in [-0.39, 0.29) is 5.12 Å². The van der Waals surface area contributed by atoms with E-state index in [1.807, 2.05) is 6.07 Å². The first kappa shape index (κ1) is 17.8. The molecule has 1 heterocycles. The van der Waals surface area contributed by atoms with E-state index in [1.54, 1.807) is 11.3 Å². The van der Waals surface area contributed by atoms with Gasteiger partial charge in [-0.25, -0.2) is 0 Å². The molecule has 3 heteroatoms. The lowest BCUT2D eigenvalue weighted by Crippen LogP contribution is -1.84. The van der Waals surface area contributed by atoms with Crippen LogP contribution < -0.4 is 0 Å². The lowest BCUT2D eigenvalue weighted by atomic mass is 10.1. The van der Waals surface area contributed by atoms with Crippen LogP contribution in [0.3, 0.4) is 0 Å². The number of rotatable bonds is 12. The van der Waals surface area contributed by atoms with Crippen LogP contribution in [0, 0.1) is 0 Å². The molecule has 0 aromatic carbocycles. The Labute approximate surface area is 133 Å². The number of hydrogen-bond donors (Lipinski definition) is 1. The zero-order valence-electron chi connectivity index (χ0n) is 12.7. The lowest BCUT2D eigenvalue weighted by Gasteiger charge is -2.01. The highest BCUT2D eigenvalue weighted by Gasteiger charge is 2.04. The lowest BCUT2D eigenvalue weighted by molar-refractivity contribution is 0.109. The summed E-state index contributed by atoms with van der Waals surface area (Å²) in [5.41, 5.74) is 0. The van der Waals surface area contributed by atoms with Crippen molar-refractivity contribution in [3.63, 3.8) is 0 Å². The van der Waals surface area contributed by atoms with E-state index in [0.29, 0.717) is 0 Å². The van der Waals surface area contributed by atoms with E-state index in [2.05, 4.69) is 25.6 Å². The third kappa shape index (κ3) is 8.11. The predicted octanol–water partition coefficient (Wildman–Crippen LogP) is 6.28. The zero-order chi connectivity index (χ0) is 14.6. The van der Waals surface area contributed by atoms with Gasteiger partial charge in [-0.15, -0.1) is 11.3 Å². The summed E-state index contributed by atoms with van der Waals surface area (Å²) < 4.78 is 0. The standard InChI is InChI=1S/C17H28OS2/c1-2-3-4-5-6-7-8-9-10-11-12-15-13-14-16(20-15)17(18)19/h13-14H,2-12H2,1H3,(H,18,19). The maximum atomic E-state index is 11.1. The average molecular weight is 313 g/mol. The molecule has 0 spiro atoms. The fourth-order valence-electron chi connectivity index (χ4n) is 2.41. The summed E-state index contributed by atoms with van der Waals surface area (Å²) in [6, 6.07) is 3.97. The summed E-state index contributed by atoms with van der Waals surface area (Å²) >= 11 is 5.45. The van der Waals surface area contributed by atoms with Crippen molar-refractivity contribution in [2.45, 2.75) is 77.6 Å². The number of thiophene rings is 1. The quantitative estimate of drug-likeness (QED) is 0.355. The third-order valence-electron chi connectivity index (χ3n) is 3.65. The van der Waals surface area contributed by atoms with Crippen LogP contribution in [0.2, 0.25) is 0 Å². The minimum Gasteiger partial charge on any atom is -0.281 e. The summed E-state index contributed by atoms with van der Waals surface area (Å²) in [7, 11) is 0. The van der Waals surface area contributed by atoms with Crippen LogP contribution in [0.5, 0.6) is 0 Å². The van der Waals surface area contributed by atoms with E-state index in [1.165, 1.54) is 69.1 Å². The molecule has 0 bridgehead atoms. The zero-order valence-corrected chi connectivity index (χ0v) is 14.4. The molecule has 0 unspecified atom stereocenters. The Morgan fingerprint density at radius 1 is 0.950 bits per heavy atom. The van der Waals surface area contributed by atoms with E-state index >= 15 is 0 Å². The molecule has 0 radical (unpaired) electrons. The molecule has 0 amide bonds. The van der Waals surface area contributed by atoms with Gasteiger partial charge >= 0.3 is 0 Å². The van der Waals surface area contributed by atoms with Crippen molar-refractivity contribution in [2.24, 2.45) is 0 Å². The van der Waals surface area contributed by atoms with Crippen LogP contribution in [0.25, 0.3) is 0 Å². The molecule has 1 rings (SSSR count). The van der Waals surface area contributed by atoms with Crippen molar-refractivity contribution < 1.29 is 4.79 Å². The van der Waals surface area contributed by atoms with Crippen LogP contribution in [-0.4, -0.2) is 5.12 Å². The second kappa shape index (κ2) is 11.4. The Morgan fingerprint density at radius 2 is 1.50 bits per heavy atom. The first-order valence-electron chi connectivity index (χ1n) is 8.06. The SMILES string of the molecule is CCCCCCCCCCCCc1ccc(C(=O)S)s1. The normalized spacial score (nSPS) is 10.9. The molecule has 0 aliphatic rings. The Balaban J connectivity index is 1.93. The monoisotopic (exact) mass is 312 g/mol. The number of unbranched alkanes of at least 4 members (excludes halogenated alkanes) is 9. The summed E-state index contributed by atoms with van der Waals surface area (Å²) in [5.74, 6) is 0. The first-order chi connectivity index (χ1) is 9.74. The highest BCUT2D eigenvalue weighted by Crippen LogP contribution is 2.20. The van der Waals surface area contributed by atoms with Gasteiger partial charge in [0.2, 0.25) is 5.12 Å². The first-order valence-corrected chi connectivity index (χ1v) is 9.32. The van der Waals surface area contributed by atoms with Gasteiger partial charge < -0.3 is 0 Å². The summed E-state index contributed by atoms with van der Waals surface area (Å²) in [5, 5.41) is -0.107. The largest absolute Gasteiger partial charge is 0.281 e. The molecule has 114 valence electrons. The Hall–Kier alpha value is -0.280. The molecule has 0 atom stereocenters. The van der Waals surface area contributed by atoms with Gasteiger partial charge in [0.05, 0.1) is 4.88 Å². The van der Waals surface area contributed by atoms with Gasteiger partial charge in [-0.3, -0.25) is 4.79 Å². The summed E-state index contributed by atoms with van der Waals surface area (Å²) in [4.78, 5) is 13.2. The summed E-state index contributed by atoms with van der Waals surface area (Å²) in [6.07, 6.45) is 14.8. The second-order valence-electron chi connectivity index (χ2n) is 5.50. The maximum Gasteiger partial charge on any atom is 0.226 e. The van der Waals surface area contributed by atoms with Crippen molar-refractivity contribution in [2.75, 3.05) is 0 Å². The van der Waals surface area contributed by atoms with Crippen LogP contribution >= 0.6 is 24.0 Å². The number of carbonyl (C=O) groups is 1. The molecule has 20 heavy (non-hydrogen) atoms. The summed E-state index contributed by atoms with van der Waals surface area (Å²) in [6.45, 7) is 2.27. The van der Waals surface area contributed by atoms with Gasteiger partial charge in [-0.2, -0.15) is 0 Å². The molecular weight excluding hydrogens is 284 g/mol. The average Bonchev–Trinajstić information content (AvgIpc) is 2.90. The maximum absolute atomic E-state index is 11.1. The smallest absolute Gasteiger partial charge is 0.226 e. The van der Waals surface area contributed by atoms with Crippen LogP contribution in [-0.2, 0) is 6.42 Å². The van der Waals surface area contributed by atoms with Crippen LogP contribution in [0.15, 0.2) is 12.1 Å². The molecule has 1 nitrogen and oxygen atoms in total. The van der Waals surface area contributed by atoms with Crippen molar-refractivity contribution in [1.29, 1.82) is 0 Å². The molecule has 0 aliphatic carbocycles. The molecule has 0 fully saturated rings. The second-order valence-corrected chi connectivity index (χ2v) is 7.08. The highest BCUT2D eigenvalue weighted by molar-refractivity contribution is 7.97. The molecule has 0 aliphatic heterocycles. The van der Waals surface area contributed by atoms with Gasteiger partial charge in [0.25, 0.3) is 0 Å². The third-order valence-corrected chi connectivity index (χ3v) is 5.19. The topological polar surface area (TPSA) is 17.1 Å².